The number of nitrogens with one attached hydrogen (secondary N) is 1. The van der Waals surface area contributed by atoms with Gasteiger partial charge in [-0.15, -0.1) is 0 Å². The van der Waals surface area contributed by atoms with Crippen molar-refractivity contribution in [1.29, 1.82) is 0 Å². The molecule has 1 saturated carbocycles. The topological polar surface area (TPSA) is 53.6 Å². The number of likely N-dealkylation sites (tertiary alicyclic amines) is 1. The number of hydrogen-bond donors (Lipinski definition) is 2. The lowest BCUT2D eigenvalue weighted by Gasteiger charge is -2.29. The minimum atomic E-state index is 0.591. The molecule has 2 bridgehead atoms. The van der Waals surface area contributed by atoms with E-state index in [0.717, 1.165) is 25.0 Å². The lowest BCUT2D eigenvalue weighted by Crippen LogP contribution is -2.48. The van der Waals surface area contributed by atoms with Crippen LogP contribution in [0.2, 0.25) is 0 Å². The SMILES string of the molecule is CC(C)CN=C(NN)N1CC2CCC1C2. The van der Waals surface area contributed by atoms with Crippen LogP contribution in [-0.2, 0) is 0 Å². The van der Waals surface area contributed by atoms with Gasteiger partial charge in [-0.05, 0) is 31.1 Å². The van der Waals surface area contributed by atoms with Gasteiger partial charge in [0.25, 0.3) is 0 Å². The van der Waals surface area contributed by atoms with Crippen molar-refractivity contribution < 1.29 is 0 Å². The van der Waals surface area contributed by atoms with Crippen LogP contribution in [0.1, 0.15) is 33.1 Å². The average Bonchev–Trinajstić information content (AvgIpc) is 2.79. The largest absolute Gasteiger partial charge is 0.339 e. The van der Waals surface area contributed by atoms with Gasteiger partial charge >= 0.3 is 0 Å². The first kappa shape index (κ1) is 10.7. The maximum Gasteiger partial charge on any atom is 0.208 e. The van der Waals surface area contributed by atoms with E-state index in [-0.39, 0.29) is 0 Å². The molecule has 3 N–H and O–H groups in total. The van der Waals surface area contributed by atoms with Crippen LogP contribution in [0.25, 0.3) is 0 Å². The summed E-state index contributed by atoms with van der Waals surface area (Å²) in [6, 6.07) is 0.692. The summed E-state index contributed by atoms with van der Waals surface area (Å²) in [7, 11) is 0. The molecule has 1 heterocycles. The van der Waals surface area contributed by atoms with Crippen molar-refractivity contribution in [3.8, 4) is 0 Å². The molecule has 4 nitrogen and oxygen atoms in total. The summed E-state index contributed by atoms with van der Waals surface area (Å²) >= 11 is 0. The van der Waals surface area contributed by atoms with E-state index in [1.54, 1.807) is 0 Å². The zero-order valence-electron chi connectivity index (χ0n) is 9.74. The summed E-state index contributed by atoms with van der Waals surface area (Å²) in [4.78, 5) is 6.91. The minimum absolute atomic E-state index is 0.591. The van der Waals surface area contributed by atoms with Crippen LogP contribution in [-0.4, -0.2) is 30.0 Å². The summed E-state index contributed by atoms with van der Waals surface area (Å²) < 4.78 is 0. The fourth-order valence-corrected chi connectivity index (χ4v) is 2.67. The fourth-order valence-electron chi connectivity index (χ4n) is 2.67. The van der Waals surface area contributed by atoms with E-state index in [9.17, 15) is 0 Å². The Morgan fingerprint density at radius 1 is 1.53 bits per heavy atom. The van der Waals surface area contributed by atoms with Crippen LogP contribution < -0.4 is 11.3 Å². The second-order valence-electron chi connectivity index (χ2n) is 5.19. The maximum atomic E-state index is 5.55. The first-order valence-electron chi connectivity index (χ1n) is 5.98. The van der Waals surface area contributed by atoms with Crippen LogP contribution in [0.3, 0.4) is 0 Å². The van der Waals surface area contributed by atoms with E-state index in [1.165, 1.54) is 19.3 Å². The van der Waals surface area contributed by atoms with Crippen molar-refractivity contribution in [2.45, 2.75) is 39.2 Å². The molecular formula is C11H22N4. The molecule has 2 fully saturated rings. The van der Waals surface area contributed by atoms with E-state index < -0.39 is 0 Å². The van der Waals surface area contributed by atoms with E-state index in [1.807, 2.05) is 0 Å². The number of nitrogens with zero attached hydrogens (tertiary/aromatic N) is 2. The third-order valence-corrected chi connectivity index (χ3v) is 3.42. The van der Waals surface area contributed by atoms with Gasteiger partial charge in [-0.3, -0.25) is 10.4 Å². The molecule has 2 rings (SSSR count). The first-order valence-corrected chi connectivity index (χ1v) is 5.98. The molecule has 2 atom stereocenters. The zero-order valence-corrected chi connectivity index (χ0v) is 9.74. The molecule has 4 heteroatoms. The van der Waals surface area contributed by atoms with Gasteiger partial charge in [0.05, 0.1) is 0 Å². The van der Waals surface area contributed by atoms with Gasteiger partial charge < -0.3 is 4.90 Å². The van der Waals surface area contributed by atoms with Gasteiger partial charge in [0.15, 0.2) is 0 Å². The molecule has 1 aliphatic carbocycles. The van der Waals surface area contributed by atoms with Crippen molar-refractivity contribution >= 4 is 5.96 Å². The molecule has 1 saturated heterocycles. The number of piperidine rings is 1. The summed E-state index contributed by atoms with van der Waals surface area (Å²) in [6.45, 7) is 6.35. The number of guanidine groups is 1. The van der Waals surface area contributed by atoms with Gasteiger partial charge in [0.2, 0.25) is 5.96 Å². The van der Waals surface area contributed by atoms with Crippen molar-refractivity contribution in [2.75, 3.05) is 13.1 Å². The summed E-state index contributed by atoms with van der Waals surface area (Å²) in [5, 5.41) is 0. The normalized spacial score (nSPS) is 30.4. The van der Waals surface area contributed by atoms with Crippen LogP contribution >= 0.6 is 0 Å². The average molecular weight is 210 g/mol. The fraction of sp³-hybridized carbons (Fsp3) is 0.909. The molecule has 2 unspecified atom stereocenters. The number of nitrogens with two attached hydrogens (primary N) is 1. The van der Waals surface area contributed by atoms with Crippen molar-refractivity contribution in [2.24, 2.45) is 22.7 Å². The second kappa shape index (κ2) is 4.39. The smallest absolute Gasteiger partial charge is 0.208 e. The molecule has 0 aromatic heterocycles. The number of hydrogen-bond acceptors (Lipinski definition) is 2. The Morgan fingerprint density at radius 2 is 2.33 bits per heavy atom. The highest BCUT2D eigenvalue weighted by Gasteiger charge is 2.39. The van der Waals surface area contributed by atoms with Crippen molar-refractivity contribution in [3.63, 3.8) is 0 Å². The number of fused-ring (bicyclic) bond motifs is 2. The highest BCUT2D eigenvalue weighted by atomic mass is 15.4. The van der Waals surface area contributed by atoms with E-state index in [2.05, 4.69) is 29.2 Å². The molecule has 15 heavy (non-hydrogen) atoms. The van der Waals surface area contributed by atoms with Gasteiger partial charge in [0.1, 0.15) is 0 Å². The molecule has 0 aromatic carbocycles. The van der Waals surface area contributed by atoms with Crippen molar-refractivity contribution in [1.82, 2.24) is 10.3 Å². The van der Waals surface area contributed by atoms with Gasteiger partial charge in [0, 0.05) is 19.1 Å². The summed E-state index contributed by atoms with van der Waals surface area (Å²) in [5.41, 5.74) is 2.76. The van der Waals surface area contributed by atoms with Crippen LogP contribution in [0.5, 0.6) is 0 Å². The number of aliphatic imine (C=N–C) groups is 1. The molecule has 1 aliphatic heterocycles. The summed E-state index contributed by atoms with van der Waals surface area (Å²) in [5.74, 6) is 7.92. The predicted octanol–water partition coefficient (Wildman–Crippen LogP) is 0.946. The molecule has 0 spiro atoms. The zero-order chi connectivity index (χ0) is 10.8. The van der Waals surface area contributed by atoms with Gasteiger partial charge in [-0.25, -0.2) is 5.84 Å². The lowest BCUT2D eigenvalue weighted by molar-refractivity contribution is 0.316. The molecule has 2 aliphatic rings. The van der Waals surface area contributed by atoms with E-state index in [0.29, 0.717) is 12.0 Å². The van der Waals surface area contributed by atoms with E-state index >= 15 is 0 Å². The molecule has 86 valence electrons. The minimum Gasteiger partial charge on any atom is -0.339 e. The second-order valence-corrected chi connectivity index (χ2v) is 5.19. The Balaban J connectivity index is 1.98. The first-order chi connectivity index (χ1) is 7.20. The third kappa shape index (κ3) is 2.25. The number of hydrazine groups is 1. The van der Waals surface area contributed by atoms with Crippen LogP contribution in [0, 0.1) is 11.8 Å². The molecule has 0 amide bonds. The Kier molecular flexibility index (Phi) is 3.14. The Hall–Kier alpha value is -0.770. The highest BCUT2D eigenvalue weighted by molar-refractivity contribution is 5.80. The Labute approximate surface area is 91.9 Å². The van der Waals surface area contributed by atoms with Gasteiger partial charge in [-0.2, -0.15) is 0 Å². The maximum absolute atomic E-state index is 5.55. The lowest BCUT2D eigenvalue weighted by atomic mass is 10.1. The summed E-state index contributed by atoms with van der Waals surface area (Å²) in [6.07, 6.45) is 4.04. The molecule has 0 radical (unpaired) electrons. The van der Waals surface area contributed by atoms with Crippen molar-refractivity contribution in [3.05, 3.63) is 0 Å². The predicted molar refractivity (Wildman–Crippen MR) is 62.3 cm³/mol. The quantitative estimate of drug-likeness (QED) is 0.309. The Morgan fingerprint density at radius 3 is 2.80 bits per heavy atom. The van der Waals surface area contributed by atoms with E-state index in [4.69, 9.17) is 5.84 Å². The van der Waals surface area contributed by atoms with Crippen LogP contribution in [0.15, 0.2) is 4.99 Å². The van der Waals surface area contributed by atoms with Crippen LogP contribution in [0.4, 0.5) is 0 Å². The Bertz CT molecular complexity index is 249. The number of rotatable bonds is 2. The third-order valence-electron chi connectivity index (χ3n) is 3.42. The highest BCUT2D eigenvalue weighted by Crippen LogP contribution is 2.37. The monoisotopic (exact) mass is 210 g/mol. The van der Waals surface area contributed by atoms with Gasteiger partial charge in [-0.1, -0.05) is 13.8 Å². The standard InChI is InChI=1S/C11H22N4/c1-8(2)6-13-11(14-12)15-7-9-3-4-10(15)5-9/h8-10H,3-7,12H2,1-2H3,(H,13,14). The molecular weight excluding hydrogens is 188 g/mol. The molecule has 0 aromatic rings.